The number of rotatable bonds is 5. The molecule has 2 atom stereocenters. The van der Waals surface area contributed by atoms with Crippen LogP contribution in [0.4, 0.5) is 0 Å². The van der Waals surface area contributed by atoms with Crippen LogP contribution in [0.25, 0.3) is 0 Å². The van der Waals surface area contributed by atoms with E-state index in [2.05, 4.69) is 106 Å². The lowest BCUT2D eigenvalue weighted by atomic mass is 9.80. The Labute approximate surface area is 182 Å². The second kappa shape index (κ2) is 8.25. The molecule has 0 bridgehead atoms. The van der Waals surface area contributed by atoms with Gasteiger partial charge in [0.25, 0.3) is 0 Å². The molecule has 2 rings (SSSR count). The van der Waals surface area contributed by atoms with Crippen molar-refractivity contribution in [1.82, 2.24) is 0 Å². The second-order valence-electron chi connectivity index (χ2n) is 13.7. The highest BCUT2D eigenvalue weighted by Crippen LogP contribution is 2.51. The van der Waals surface area contributed by atoms with Crippen LogP contribution in [0.5, 0.6) is 0 Å². The predicted molar refractivity (Wildman–Crippen MR) is 132 cm³/mol. The number of quaternary nitrogens is 2. The average Bonchev–Trinajstić information content (AvgIpc) is 2.51. The molecule has 1 heterocycles. The third-order valence-corrected chi connectivity index (χ3v) is 10.4. The molecule has 2 nitrogen and oxygen atoms in total. The zero-order valence-corrected chi connectivity index (χ0v) is 22.3. The summed E-state index contributed by atoms with van der Waals surface area (Å²) in [4.78, 5) is 3.63. The van der Waals surface area contributed by atoms with Crippen molar-refractivity contribution in [2.45, 2.75) is 93.2 Å². The smallest absolute Gasteiger partial charge is 0.210 e. The first kappa shape index (κ1) is 24.8. The molecule has 0 spiro atoms. The topological polar surface area (TPSA) is 8.88 Å². The molecule has 0 aliphatic carbocycles. The zero-order chi connectivity index (χ0) is 22.3. The fourth-order valence-corrected chi connectivity index (χ4v) is 10.2. The molecule has 0 aromatic heterocycles. The first-order chi connectivity index (χ1) is 12.9. The van der Waals surface area contributed by atoms with E-state index in [-0.39, 0.29) is 11.1 Å². The Balaban J connectivity index is 2.43. The zero-order valence-electron chi connectivity index (χ0n) is 21.4. The summed E-state index contributed by atoms with van der Waals surface area (Å²) in [7, 11) is -1.23. The summed E-state index contributed by atoms with van der Waals surface area (Å²) < 4.78 is 0. The van der Waals surface area contributed by atoms with Crippen molar-refractivity contribution in [2.75, 3.05) is 25.9 Å². The van der Waals surface area contributed by atoms with Gasteiger partial charge < -0.3 is 0 Å². The molecule has 1 fully saturated rings. The summed E-state index contributed by atoms with van der Waals surface area (Å²) in [6, 6.07) is 11.5. The van der Waals surface area contributed by atoms with Crippen molar-refractivity contribution in [3.05, 3.63) is 30.3 Å². The predicted octanol–water partition coefficient (Wildman–Crippen LogP) is 4.04. The molecule has 29 heavy (non-hydrogen) atoms. The van der Waals surface area contributed by atoms with Gasteiger partial charge in [0, 0.05) is 12.8 Å². The summed E-state index contributed by atoms with van der Waals surface area (Å²) in [5.74, 6) is 0. The van der Waals surface area contributed by atoms with Gasteiger partial charge in [-0.15, -0.1) is 0 Å². The van der Waals surface area contributed by atoms with Crippen LogP contribution in [0, 0.1) is 10.8 Å². The monoisotopic (exact) mass is 421 g/mol. The average molecular weight is 422 g/mol. The maximum absolute atomic E-state index is 2.63. The third kappa shape index (κ3) is 6.78. The van der Waals surface area contributed by atoms with Crippen LogP contribution in [0.3, 0.4) is 0 Å². The first-order valence-electron chi connectivity index (χ1n) is 11.5. The lowest BCUT2D eigenvalue weighted by molar-refractivity contribution is -1.12. The van der Waals surface area contributed by atoms with Crippen LogP contribution in [0.15, 0.2) is 30.3 Å². The Bertz CT molecular complexity index is 628. The van der Waals surface area contributed by atoms with Crippen LogP contribution < -0.4 is 15.1 Å². The molecule has 3 heteroatoms. The summed E-state index contributed by atoms with van der Waals surface area (Å²) in [6.45, 7) is 28.3. The number of hydrogen-bond acceptors (Lipinski definition) is 0. The van der Waals surface area contributed by atoms with Crippen molar-refractivity contribution in [1.29, 1.82) is 0 Å². The Morgan fingerprint density at radius 1 is 0.690 bits per heavy atom. The minimum atomic E-state index is -1.23. The molecule has 1 aromatic rings. The van der Waals surface area contributed by atoms with Gasteiger partial charge in [-0.2, -0.15) is 0 Å². The molecule has 0 radical (unpaired) electrons. The van der Waals surface area contributed by atoms with Gasteiger partial charge >= 0.3 is 0 Å². The standard InChI is InChI=1S/C26H48N2P/c1-23(2,3)17-25(7,8)27-19-28(26(9,10)18-24(4,5)6)21-29(11,20-27)22-15-13-12-14-16-22/h12-16H,17-21H2,1-11H3/q+1/p+2. The van der Waals surface area contributed by atoms with Gasteiger partial charge in [0.15, 0.2) is 19.8 Å². The lowest BCUT2D eigenvalue weighted by Gasteiger charge is -2.49. The van der Waals surface area contributed by atoms with Crippen molar-refractivity contribution >= 4 is 12.6 Å². The molecule has 2 unspecified atom stereocenters. The summed E-state index contributed by atoms with van der Waals surface area (Å²) in [6.07, 6.45) is 5.18. The van der Waals surface area contributed by atoms with E-state index < -0.39 is 7.26 Å². The highest BCUT2D eigenvalue weighted by Gasteiger charge is 2.56. The molecule has 2 N–H and O–H groups in total. The van der Waals surface area contributed by atoms with E-state index in [1.54, 1.807) is 5.30 Å². The Morgan fingerprint density at radius 2 is 1.07 bits per heavy atom. The number of hydrogen-bond donors (Lipinski definition) is 2. The minimum Gasteiger partial charge on any atom is -0.253 e. The molecule has 0 amide bonds. The molecule has 1 aromatic carbocycles. The Hall–Kier alpha value is -0.430. The van der Waals surface area contributed by atoms with Crippen LogP contribution in [0.1, 0.15) is 82.1 Å². The molecule has 1 saturated heterocycles. The third-order valence-electron chi connectivity index (χ3n) is 6.74. The van der Waals surface area contributed by atoms with E-state index in [9.17, 15) is 0 Å². The molecular weight excluding hydrogens is 371 g/mol. The SMILES string of the molecule is CC(C)(C)CC(C)(C)[NH+]1C[NH+](C(C)(C)CC(C)(C)C)C[P+](C)(c2ccccc2)C1. The highest BCUT2D eigenvalue weighted by atomic mass is 31.2. The molecular formula is C26H50N2P+3. The Morgan fingerprint density at radius 3 is 1.41 bits per heavy atom. The van der Waals surface area contributed by atoms with Crippen molar-refractivity contribution in [2.24, 2.45) is 10.8 Å². The normalized spacial score (nSPS) is 27.1. The van der Waals surface area contributed by atoms with E-state index in [0.29, 0.717) is 10.8 Å². The molecule has 166 valence electrons. The van der Waals surface area contributed by atoms with Gasteiger partial charge in [-0.3, -0.25) is 9.80 Å². The maximum atomic E-state index is 2.63. The Kier molecular flexibility index (Phi) is 7.07. The van der Waals surface area contributed by atoms with Gasteiger partial charge in [-0.05, 0) is 50.7 Å². The first-order valence-corrected chi connectivity index (χ1v) is 14.1. The van der Waals surface area contributed by atoms with Crippen molar-refractivity contribution < 1.29 is 9.80 Å². The van der Waals surface area contributed by atoms with Gasteiger partial charge in [-0.1, -0.05) is 59.7 Å². The largest absolute Gasteiger partial charge is 0.253 e. The number of nitrogens with one attached hydrogen (secondary N) is 2. The van der Waals surface area contributed by atoms with Crippen LogP contribution >= 0.6 is 7.26 Å². The van der Waals surface area contributed by atoms with E-state index >= 15 is 0 Å². The lowest BCUT2D eigenvalue weighted by Crippen LogP contribution is -3.39. The maximum Gasteiger partial charge on any atom is 0.210 e. The van der Waals surface area contributed by atoms with Crippen molar-refractivity contribution in [3.8, 4) is 0 Å². The fourth-order valence-electron chi connectivity index (χ4n) is 6.05. The van der Waals surface area contributed by atoms with Crippen molar-refractivity contribution in [3.63, 3.8) is 0 Å². The van der Waals surface area contributed by atoms with Gasteiger partial charge in [0.05, 0.1) is 17.7 Å². The summed E-state index contributed by atoms with van der Waals surface area (Å²) in [5.41, 5.74) is 1.29. The van der Waals surface area contributed by atoms with E-state index in [1.807, 2.05) is 9.80 Å². The minimum absolute atomic E-state index is 0.289. The van der Waals surface area contributed by atoms with E-state index in [4.69, 9.17) is 0 Å². The van der Waals surface area contributed by atoms with Gasteiger partial charge in [0.2, 0.25) is 6.67 Å². The van der Waals surface area contributed by atoms with Crippen LogP contribution in [-0.2, 0) is 0 Å². The van der Waals surface area contributed by atoms with E-state index in [1.165, 1.54) is 32.1 Å². The molecule has 1 aliphatic rings. The van der Waals surface area contributed by atoms with E-state index in [0.717, 1.165) is 0 Å². The quantitative estimate of drug-likeness (QED) is 0.664. The molecule has 1 aliphatic heterocycles. The van der Waals surface area contributed by atoms with Crippen LogP contribution in [0.2, 0.25) is 0 Å². The number of benzene rings is 1. The highest BCUT2D eigenvalue weighted by molar-refractivity contribution is 7.81. The summed E-state index contributed by atoms with van der Waals surface area (Å²) in [5, 5.41) is 1.62. The molecule has 0 saturated carbocycles. The van der Waals surface area contributed by atoms with Gasteiger partial charge in [0.1, 0.15) is 5.30 Å². The fraction of sp³-hybridized carbons (Fsp3) is 0.769. The van der Waals surface area contributed by atoms with Crippen LogP contribution in [-0.4, -0.2) is 37.0 Å². The summed E-state index contributed by atoms with van der Waals surface area (Å²) >= 11 is 0. The second-order valence-corrected chi connectivity index (χ2v) is 17.6. The van der Waals surface area contributed by atoms with Gasteiger partial charge in [-0.25, -0.2) is 0 Å².